The Labute approximate surface area is 153 Å². The van der Waals surface area contributed by atoms with Crippen molar-refractivity contribution in [2.24, 2.45) is 5.92 Å². The van der Waals surface area contributed by atoms with E-state index in [1.165, 1.54) is 37.0 Å². The molecule has 2 N–H and O–H groups in total. The van der Waals surface area contributed by atoms with Gasteiger partial charge in [0.05, 0.1) is 5.60 Å². The van der Waals surface area contributed by atoms with Gasteiger partial charge in [-0.25, -0.2) is 4.79 Å². The molecule has 25 heavy (non-hydrogen) atoms. The van der Waals surface area contributed by atoms with Gasteiger partial charge in [0.15, 0.2) is 0 Å². The molecule has 2 heterocycles. The lowest BCUT2D eigenvalue weighted by Crippen LogP contribution is -2.52. The number of anilines is 1. The van der Waals surface area contributed by atoms with Crippen LogP contribution >= 0.6 is 11.3 Å². The van der Waals surface area contributed by atoms with Gasteiger partial charge in [-0.2, -0.15) is 0 Å². The van der Waals surface area contributed by atoms with Crippen molar-refractivity contribution in [3.8, 4) is 0 Å². The third-order valence-corrected chi connectivity index (χ3v) is 5.75. The second-order valence-electron chi connectivity index (χ2n) is 7.86. The maximum absolute atomic E-state index is 12.4. The molecule has 2 aliphatic rings. The molecule has 1 aromatic rings. The molecule has 3 rings (SSSR count). The number of amides is 2. The van der Waals surface area contributed by atoms with Crippen LogP contribution in [0.25, 0.3) is 0 Å². The predicted octanol–water partition coefficient (Wildman–Crippen LogP) is 2.19. The minimum atomic E-state index is -0.702. The SMILES string of the molecule is CC(C)(O)CN1CCN(C(=O)Nc2nnc(CC3CCCC3)s2)CC1. The van der Waals surface area contributed by atoms with Gasteiger partial charge < -0.3 is 10.0 Å². The lowest BCUT2D eigenvalue weighted by Gasteiger charge is -2.37. The Kier molecular flexibility index (Phi) is 5.91. The molecule has 0 aromatic carbocycles. The van der Waals surface area contributed by atoms with E-state index in [4.69, 9.17) is 0 Å². The Bertz CT molecular complexity index is 572. The predicted molar refractivity (Wildman–Crippen MR) is 98.9 cm³/mol. The maximum Gasteiger partial charge on any atom is 0.323 e. The summed E-state index contributed by atoms with van der Waals surface area (Å²) < 4.78 is 0. The zero-order valence-electron chi connectivity index (χ0n) is 15.2. The van der Waals surface area contributed by atoms with Crippen molar-refractivity contribution in [3.63, 3.8) is 0 Å². The van der Waals surface area contributed by atoms with Crippen LogP contribution in [0.5, 0.6) is 0 Å². The molecule has 1 aliphatic heterocycles. The molecule has 1 saturated heterocycles. The van der Waals surface area contributed by atoms with E-state index < -0.39 is 5.60 Å². The number of aromatic nitrogens is 2. The zero-order chi connectivity index (χ0) is 17.9. The minimum Gasteiger partial charge on any atom is -0.389 e. The number of nitrogens with zero attached hydrogens (tertiary/aromatic N) is 4. The number of carbonyl (C=O) groups excluding carboxylic acids is 1. The van der Waals surface area contributed by atoms with Crippen LogP contribution in [0, 0.1) is 5.92 Å². The molecule has 7 nitrogen and oxygen atoms in total. The molecule has 0 radical (unpaired) electrons. The topological polar surface area (TPSA) is 81.6 Å². The Hall–Kier alpha value is -1.25. The van der Waals surface area contributed by atoms with Crippen LogP contribution in [0.3, 0.4) is 0 Å². The second kappa shape index (κ2) is 7.97. The molecule has 0 bridgehead atoms. The smallest absolute Gasteiger partial charge is 0.323 e. The Morgan fingerprint density at radius 3 is 2.56 bits per heavy atom. The molecular formula is C17H29N5O2S. The molecule has 1 saturated carbocycles. The van der Waals surface area contributed by atoms with E-state index in [9.17, 15) is 9.90 Å². The number of piperazine rings is 1. The Balaban J connectivity index is 1.44. The summed E-state index contributed by atoms with van der Waals surface area (Å²) in [6.07, 6.45) is 6.22. The van der Waals surface area contributed by atoms with Crippen LogP contribution in [0.1, 0.15) is 44.5 Å². The third-order valence-electron chi connectivity index (χ3n) is 4.89. The third kappa shape index (κ3) is 5.62. The van der Waals surface area contributed by atoms with Gasteiger partial charge in [-0.05, 0) is 19.8 Å². The van der Waals surface area contributed by atoms with Gasteiger partial charge in [0.2, 0.25) is 5.13 Å². The first-order chi connectivity index (χ1) is 11.9. The molecule has 0 spiro atoms. The van der Waals surface area contributed by atoms with Crippen molar-refractivity contribution < 1.29 is 9.90 Å². The highest BCUT2D eigenvalue weighted by Crippen LogP contribution is 2.29. The van der Waals surface area contributed by atoms with Crippen molar-refractivity contribution in [1.82, 2.24) is 20.0 Å². The number of hydrogen-bond donors (Lipinski definition) is 2. The van der Waals surface area contributed by atoms with E-state index in [2.05, 4.69) is 20.4 Å². The van der Waals surface area contributed by atoms with E-state index >= 15 is 0 Å². The zero-order valence-corrected chi connectivity index (χ0v) is 16.0. The van der Waals surface area contributed by atoms with Crippen molar-refractivity contribution >= 4 is 22.5 Å². The summed E-state index contributed by atoms with van der Waals surface area (Å²) in [7, 11) is 0. The molecule has 1 aromatic heterocycles. The van der Waals surface area contributed by atoms with Crippen molar-refractivity contribution in [1.29, 1.82) is 0 Å². The highest BCUT2D eigenvalue weighted by molar-refractivity contribution is 7.15. The van der Waals surface area contributed by atoms with Crippen molar-refractivity contribution in [2.45, 2.75) is 51.6 Å². The first-order valence-corrected chi connectivity index (χ1v) is 10.0. The van der Waals surface area contributed by atoms with Crippen LogP contribution in [0.2, 0.25) is 0 Å². The number of aliphatic hydroxyl groups is 1. The molecular weight excluding hydrogens is 338 g/mol. The summed E-state index contributed by atoms with van der Waals surface area (Å²) in [5, 5.41) is 22.8. The Morgan fingerprint density at radius 2 is 1.92 bits per heavy atom. The van der Waals surface area contributed by atoms with Gasteiger partial charge in [-0.15, -0.1) is 10.2 Å². The number of nitrogens with one attached hydrogen (secondary N) is 1. The minimum absolute atomic E-state index is 0.105. The number of β-amino-alcohol motifs (C(OH)–C–C–N with tert-alkyl or cyclic N) is 1. The standard InChI is InChI=1S/C17H29N5O2S/c1-17(2,24)12-21-7-9-22(10-8-21)16(23)18-15-20-19-14(25-15)11-13-5-3-4-6-13/h13,24H,3-12H2,1-2H3,(H,18,20,23). The molecule has 2 fully saturated rings. The number of hydrogen-bond acceptors (Lipinski definition) is 6. The molecule has 0 atom stereocenters. The molecule has 0 unspecified atom stereocenters. The summed E-state index contributed by atoms with van der Waals surface area (Å²) in [5.41, 5.74) is -0.702. The Morgan fingerprint density at radius 1 is 1.24 bits per heavy atom. The quantitative estimate of drug-likeness (QED) is 0.834. The molecule has 8 heteroatoms. The molecule has 140 valence electrons. The van der Waals surface area contributed by atoms with E-state index in [0.717, 1.165) is 30.4 Å². The normalized spacial score (nSPS) is 20.2. The monoisotopic (exact) mass is 367 g/mol. The van der Waals surface area contributed by atoms with Crippen LogP contribution in [-0.2, 0) is 6.42 Å². The van der Waals surface area contributed by atoms with Gasteiger partial charge in [0, 0.05) is 39.1 Å². The average Bonchev–Trinajstić information content (AvgIpc) is 3.19. The first-order valence-electron chi connectivity index (χ1n) is 9.22. The van der Waals surface area contributed by atoms with Crippen LogP contribution in [0.4, 0.5) is 9.93 Å². The molecule has 1 aliphatic carbocycles. The summed E-state index contributed by atoms with van der Waals surface area (Å²) in [6.45, 7) is 7.13. The van der Waals surface area contributed by atoms with Gasteiger partial charge in [0.25, 0.3) is 0 Å². The van der Waals surface area contributed by atoms with E-state index in [1.54, 1.807) is 4.90 Å². The first kappa shape index (κ1) is 18.5. The summed E-state index contributed by atoms with van der Waals surface area (Å²) in [6, 6.07) is -0.105. The van der Waals surface area contributed by atoms with E-state index in [0.29, 0.717) is 24.8 Å². The van der Waals surface area contributed by atoms with Crippen molar-refractivity contribution in [2.75, 3.05) is 38.0 Å². The average molecular weight is 368 g/mol. The van der Waals surface area contributed by atoms with Gasteiger partial charge in [-0.3, -0.25) is 10.2 Å². The van der Waals surface area contributed by atoms with Crippen LogP contribution in [0.15, 0.2) is 0 Å². The highest BCUT2D eigenvalue weighted by Gasteiger charge is 2.25. The summed E-state index contributed by atoms with van der Waals surface area (Å²) in [5.74, 6) is 0.736. The fraction of sp³-hybridized carbons (Fsp3) is 0.824. The maximum atomic E-state index is 12.4. The summed E-state index contributed by atoms with van der Waals surface area (Å²) >= 11 is 1.50. The highest BCUT2D eigenvalue weighted by atomic mass is 32.1. The lowest BCUT2D eigenvalue weighted by molar-refractivity contribution is 0.0231. The second-order valence-corrected chi connectivity index (χ2v) is 8.92. The molecule has 2 amide bonds. The lowest BCUT2D eigenvalue weighted by atomic mass is 10.1. The fourth-order valence-corrected chi connectivity index (χ4v) is 4.52. The van der Waals surface area contributed by atoms with Gasteiger partial charge >= 0.3 is 6.03 Å². The largest absolute Gasteiger partial charge is 0.389 e. The number of carbonyl (C=O) groups is 1. The number of urea groups is 1. The van der Waals surface area contributed by atoms with E-state index in [-0.39, 0.29) is 6.03 Å². The fourth-order valence-electron chi connectivity index (χ4n) is 3.67. The van der Waals surface area contributed by atoms with E-state index in [1.807, 2.05) is 13.8 Å². The van der Waals surface area contributed by atoms with Crippen LogP contribution in [-0.4, -0.2) is 69.5 Å². The van der Waals surface area contributed by atoms with Gasteiger partial charge in [0.1, 0.15) is 5.01 Å². The number of rotatable bonds is 5. The van der Waals surface area contributed by atoms with Crippen LogP contribution < -0.4 is 5.32 Å². The van der Waals surface area contributed by atoms with Crippen molar-refractivity contribution in [3.05, 3.63) is 5.01 Å². The van der Waals surface area contributed by atoms with Gasteiger partial charge in [-0.1, -0.05) is 37.0 Å². The summed E-state index contributed by atoms with van der Waals surface area (Å²) in [4.78, 5) is 16.4.